The average Bonchev–Trinajstić information content (AvgIpc) is 2.59. The van der Waals surface area contributed by atoms with E-state index < -0.39 is 0 Å². The van der Waals surface area contributed by atoms with Gasteiger partial charge in [0, 0.05) is 17.5 Å². The van der Waals surface area contributed by atoms with Crippen LogP contribution < -0.4 is 0 Å². The molecule has 1 amide bonds. The average molecular weight is 227 g/mol. The zero-order valence-electron chi connectivity index (χ0n) is 9.36. The molecule has 1 rings (SSSR count). The molecule has 0 saturated carbocycles. The minimum absolute atomic E-state index is 0.00821. The van der Waals surface area contributed by atoms with Crippen molar-refractivity contribution in [3.05, 3.63) is 21.9 Å². The first-order valence-corrected chi connectivity index (χ1v) is 5.86. The third-order valence-electron chi connectivity index (χ3n) is 2.18. The Labute approximate surface area is 94.3 Å². The summed E-state index contributed by atoms with van der Waals surface area (Å²) in [5.41, 5.74) is 0. The summed E-state index contributed by atoms with van der Waals surface area (Å²) in [4.78, 5) is 15.6. The minimum atomic E-state index is 0.00821. The summed E-state index contributed by atoms with van der Waals surface area (Å²) in [6.07, 6.45) is 0. The van der Waals surface area contributed by atoms with Gasteiger partial charge in [-0.15, -0.1) is 11.3 Å². The van der Waals surface area contributed by atoms with Crippen LogP contribution in [-0.4, -0.2) is 35.1 Å². The zero-order chi connectivity index (χ0) is 11.4. The number of rotatable bonds is 4. The van der Waals surface area contributed by atoms with Crippen LogP contribution in [0.3, 0.4) is 0 Å². The van der Waals surface area contributed by atoms with Gasteiger partial charge in [-0.1, -0.05) is 0 Å². The molecule has 0 aromatic carbocycles. The lowest BCUT2D eigenvalue weighted by molar-refractivity contribution is 0.0670. The molecule has 3 nitrogen and oxygen atoms in total. The van der Waals surface area contributed by atoms with Gasteiger partial charge in [0.15, 0.2) is 0 Å². The second-order valence-corrected chi connectivity index (χ2v) is 5.01. The molecule has 4 heteroatoms. The first-order valence-electron chi connectivity index (χ1n) is 5.04. The van der Waals surface area contributed by atoms with Gasteiger partial charge in [0.05, 0.1) is 11.5 Å². The Morgan fingerprint density at radius 1 is 1.53 bits per heavy atom. The summed E-state index contributed by atoms with van der Waals surface area (Å²) in [7, 11) is 0. The molecule has 1 aromatic heterocycles. The van der Waals surface area contributed by atoms with Crippen molar-refractivity contribution in [2.45, 2.75) is 26.8 Å². The number of nitrogens with zero attached hydrogens (tertiary/aromatic N) is 1. The first kappa shape index (κ1) is 12.2. The van der Waals surface area contributed by atoms with Crippen LogP contribution in [0.4, 0.5) is 0 Å². The number of hydrogen-bond acceptors (Lipinski definition) is 3. The Morgan fingerprint density at radius 2 is 2.20 bits per heavy atom. The second-order valence-electron chi connectivity index (χ2n) is 3.73. The molecule has 0 bridgehead atoms. The summed E-state index contributed by atoms with van der Waals surface area (Å²) in [5, 5.41) is 8.90. The van der Waals surface area contributed by atoms with Gasteiger partial charge in [-0.25, -0.2) is 0 Å². The van der Waals surface area contributed by atoms with E-state index in [0.29, 0.717) is 6.54 Å². The van der Waals surface area contributed by atoms with E-state index in [9.17, 15) is 4.79 Å². The summed E-state index contributed by atoms with van der Waals surface area (Å²) in [5.74, 6) is 0.0113. The van der Waals surface area contributed by atoms with E-state index in [-0.39, 0.29) is 18.6 Å². The molecule has 0 fully saturated rings. The maximum absolute atomic E-state index is 12.0. The maximum Gasteiger partial charge on any atom is 0.264 e. The summed E-state index contributed by atoms with van der Waals surface area (Å²) >= 11 is 1.49. The maximum atomic E-state index is 12.0. The lowest BCUT2D eigenvalue weighted by Gasteiger charge is -2.25. The number of thiophene rings is 1. The molecule has 84 valence electrons. The molecule has 0 aliphatic carbocycles. The van der Waals surface area contributed by atoms with Crippen LogP contribution in [0.1, 0.15) is 28.4 Å². The van der Waals surface area contributed by atoms with Gasteiger partial charge in [0.25, 0.3) is 5.91 Å². The van der Waals surface area contributed by atoms with Crippen LogP contribution in [0.2, 0.25) is 0 Å². The summed E-state index contributed by atoms with van der Waals surface area (Å²) in [6, 6.07) is 3.90. The minimum Gasteiger partial charge on any atom is -0.395 e. The summed E-state index contributed by atoms with van der Waals surface area (Å²) < 4.78 is 0. The number of carbonyl (C=O) groups excluding carboxylic acids is 1. The van der Waals surface area contributed by atoms with Crippen molar-refractivity contribution in [2.75, 3.05) is 13.2 Å². The number of aliphatic hydroxyl groups excluding tert-OH is 1. The highest BCUT2D eigenvalue weighted by molar-refractivity contribution is 7.13. The summed E-state index contributed by atoms with van der Waals surface area (Å²) in [6.45, 7) is 6.29. The predicted octanol–water partition coefficient (Wildman–Crippen LogP) is 1.90. The molecular formula is C11H17NO2S. The fraction of sp³-hybridized carbons (Fsp3) is 0.545. The Hall–Kier alpha value is -0.870. The normalized spacial score (nSPS) is 10.7. The van der Waals surface area contributed by atoms with E-state index in [2.05, 4.69) is 0 Å². The van der Waals surface area contributed by atoms with Crippen molar-refractivity contribution in [3.63, 3.8) is 0 Å². The van der Waals surface area contributed by atoms with Crippen molar-refractivity contribution < 1.29 is 9.90 Å². The van der Waals surface area contributed by atoms with E-state index in [1.54, 1.807) is 4.90 Å². The van der Waals surface area contributed by atoms with Crippen molar-refractivity contribution in [1.82, 2.24) is 4.90 Å². The van der Waals surface area contributed by atoms with Crippen molar-refractivity contribution >= 4 is 17.2 Å². The first-order chi connectivity index (χ1) is 7.06. The molecule has 0 radical (unpaired) electrons. The smallest absolute Gasteiger partial charge is 0.264 e. The quantitative estimate of drug-likeness (QED) is 0.853. The van der Waals surface area contributed by atoms with E-state index >= 15 is 0 Å². The highest BCUT2D eigenvalue weighted by Crippen LogP contribution is 2.18. The Morgan fingerprint density at radius 3 is 2.60 bits per heavy atom. The molecule has 15 heavy (non-hydrogen) atoms. The van der Waals surface area contributed by atoms with Gasteiger partial charge >= 0.3 is 0 Å². The van der Waals surface area contributed by atoms with Crippen molar-refractivity contribution in [3.8, 4) is 0 Å². The van der Waals surface area contributed by atoms with Crippen LogP contribution in [0, 0.1) is 6.92 Å². The lowest BCUT2D eigenvalue weighted by Crippen LogP contribution is -2.38. The van der Waals surface area contributed by atoms with E-state index in [1.807, 2.05) is 32.9 Å². The number of carbonyl (C=O) groups is 1. The predicted molar refractivity (Wildman–Crippen MR) is 62.3 cm³/mol. The highest BCUT2D eigenvalue weighted by Gasteiger charge is 2.19. The van der Waals surface area contributed by atoms with Crippen LogP contribution >= 0.6 is 11.3 Å². The van der Waals surface area contributed by atoms with Gasteiger partial charge < -0.3 is 10.0 Å². The van der Waals surface area contributed by atoms with Crippen LogP contribution in [-0.2, 0) is 0 Å². The number of aryl methyl sites for hydroxylation is 1. The largest absolute Gasteiger partial charge is 0.395 e. The molecular weight excluding hydrogens is 210 g/mol. The fourth-order valence-corrected chi connectivity index (χ4v) is 2.22. The fourth-order valence-electron chi connectivity index (χ4n) is 1.39. The van der Waals surface area contributed by atoms with Crippen molar-refractivity contribution in [1.29, 1.82) is 0 Å². The molecule has 1 N–H and O–H groups in total. The van der Waals surface area contributed by atoms with Crippen molar-refractivity contribution in [2.24, 2.45) is 0 Å². The van der Waals surface area contributed by atoms with E-state index in [4.69, 9.17) is 5.11 Å². The molecule has 0 atom stereocenters. The number of aliphatic hydroxyl groups is 1. The van der Waals surface area contributed by atoms with Crippen LogP contribution in [0.15, 0.2) is 12.1 Å². The third kappa shape index (κ3) is 3.04. The van der Waals surface area contributed by atoms with Crippen LogP contribution in [0.25, 0.3) is 0 Å². The molecule has 0 spiro atoms. The highest BCUT2D eigenvalue weighted by atomic mass is 32.1. The lowest BCUT2D eigenvalue weighted by atomic mass is 10.3. The zero-order valence-corrected chi connectivity index (χ0v) is 10.2. The monoisotopic (exact) mass is 227 g/mol. The Kier molecular flexibility index (Phi) is 4.29. The molecule has 0 aliphatic heterocycles. The molecule has 0 saturated heterocycles. The number of amides is 1. The second kappa shape index (κ2) is 5.28. The SMILES string of the molecule is Cc1ccc(C(=O)N(CCO)C(C)C)s1. The van der Waals surface area contributed by atoms with Gasteiger partial charge in [0.2, 0.25) is 0 Å². The molecule has 0 unspecified atom stereocenters. The number of hydrogen-bond donors (Lipinski definition) is 1. The Balaban J connectivity index is 2.80. The van der Waals surface area contributed by atoms with E-state index in [0.717, 1.165) is 9.75 Å². The van der Waals surface area contributed by atoms with Gasteiger partial charge in [0.1, 0.15) is 0 Å². The third-order valence-corrected chi connectivity index (χ3v) is 3.16. The standard InChI is InChI=1S/C11H17NO2S/c1-8(2)12(6-7-13)11(14)10-5-4-9(3)15-10/h4-5,8,13H,6-7H2,1-3H3. The van der Waals surface area contributed by atoms with Gasteiger partial charge in [-0.05, 0) is 32.9 Å². The van der Waals surface area contributed by atoms with Crippen LogP contribution in [0.5, 0.6) is 0 Å². The topological polar surface area (TPSA) is 40.5 Å². The molecule has 0 aliphatic rings. The molecule has 1 heterocycles. The van der Waals surface area contributed by atoms with E-state index in [1.165, 1.54) is 11.3 Å². The Bertz CT molecular complexity index is 333. The van der Waals surface area contributed by atoms with Gasteiger partial charge in [-0.2, -0.15) is 0 Å². The van der Waals surface area contributed by atoms with Gasteiger partial charge in [-0.3, -0.25) is 4.79 Å². The molecule has 1 aromatic rings.